The van der Waals surface area contributed by atoms with E-state index in [1.165, 1.54) is 0 Å². The highest BCUT2D eigenvalue weighted by Crippen LogP contribution is 2.24. The molecule has 1 amide bonds. The molecule has 2 aromatic heterocycles. The summed E-state index contributed by atoms with van der Waals surface area (Å²) in [6.45, 7) is 2.58. The molecule has 2 fully saturated rings. The number of fused-ring (bicyclic) bond motifs is 1. The molecule has 0 radical (unpaired) electrons. The van der Waals surface area contributed by atoms with E-state index < -0.39 is 18.8 Å². The number of piperazine rings is 1. The first kappa shape index (κ1) is 19.1. The molecule has 28 heavy (non-hydrogen) atoms. The molecule has 1 atom stereocenters. The van der Waals surface area contributed by atoms with Gasteiger partial charge in [-0.1, -0.05) is 0 Å². The Kier molecular flexibility index (Phi) is 5.24. The van der Waals surface area contributed by atoms with Crippen LogP contribution < -0.4 is 0 Å². The van der Waals surface area contributed by atoms with E-state index in [9.17, 15) is 18.0 Å². The number of carbonyl (C=O) groups excluding carboxylic acids is 1. The van der Waals surface area contributed by atoms with Crippen molar-refractivity contribution >= 4 is 11.7 Å². The number of hydrogen-bond acceptors (Lipinski definition) is 5. The molecule has 152 valence electrons. The molecule has 0 aromatic carbocycles. The van der Waals surface area contributed by atoms with Crippen LogP contribution in [-0.2, 0) is 11.3 Å². The summed E-state index contributed by atoms with van der Waals surface area (Å²) in [5.74, 6) is 0.275. The molecule has 0 bridgehead atoms. The highest BCUT2D eigenvalue weighted by atomic mass is 19.4. The van der Waals surface area contributed by atoms with Crippen molar-refractivity contribution in [3.05, 3.63) is 30.4 Å². The zero-order chi connectivity index (χ0) is 19.7. The Bertz CT molecular complexity index is 797. The van der Waals surface area contributed by atoms with Crippen molar-refractivity contribution in [2.75, 3.05) is 39.3 Å². The van der Waals surface area contributed by atoms with Crippen molar-refractivity contribution in [2.45, 2.75) is 31.6 Å². The van der Waals surface area contributed by atoms with Gasteiger partial charge in [0.1, 0.15) is 6.54 Å². The number of halogens is 3. The number of imidazole rings is 1. The van der Waals surface area contributed by atoms with E-state index in [0.717, 1.165) is 23.7 Å². The highest BCUT2D eigenvalue weighted by Gasteiger charge is 2.39. The van der Waals surface area contributed by atoms with Gasteiger partial charge in [-0.15, -0.1) is 0 Å². The van der Waals surface area contributed by atoms with Crippen molar-refractivity contribution in [2.24, 2.45) is 0 Å². The lowest BCUT2D eigenvalue weighted by Gasteiger charge is -2.42. The van der Waals surface area contributed by atoms with Crippen LogP contribution in [0.4, 0.5) is 13.2 Å². The van der Waals surface area contributed by atoms with Gasteiger partial charge >= 0.3 is 6.18 Å². The van der Waals surface area contributed by atoms with E-state index in [4.69, 9.17) is 0 Å². The molecule has 4 rings (SSSR count). The normalized spacial score (nSPS) is 22.9. The lowest BCUT2D eigenvalue weighted by atomic mass is 10.0. The first-order valence-corrected chi connectivity index (χ1v) is 9.49. The highest BCUT2D eigenvalue weighted by molar-refractivity contribution is 5.82. The summed E-state index contributed by atoms with van der Waals surface area (Å²) >= 11 is 0. The number of piperidine rings is 1. The van der Waals surface area contributed by atoms with Gasteiger partial charge in [-0.3, -0.25) is 19.0 Å². The third-order valence-electron chi connectivity index (χ3n) is 5.39. The summed E-state index contributed by atoms with van der Waals surface area (Å²) in [7, 11) is 0. The first-order chi connectivity index (χ1) is 13.4. The maximum absolute atomic E-state index is 12.7. The molecule has 2 aliphatic heterocycles. The molecule has 2 aliphatic rings. The van der Waals surface area contributed by atoms with Crippen LogP contribution in [0.2, 0.25) is 0 Å². The summed E-state index contributed by atoms with van der Waals surface area (Å²) in [4.78, 5) is 26.5. The second-order valence-electron chi connectivity index (χ2n) is 7.40. The monoisotopic (exact) mass is 396 g/mol. The quantitative estimate of drug-likeness (QED) is 0.782. The molecule has 0 unspecified atom stereocenters. The Balaban J connectivity index is 1.32. The van der Waals surface area contributed by atoms with E-state index in [-0.39, 0.29) is 12.5 Å². The Hall–Kier alpha value is -2.20. The third-order valence-corrected chi connectivity index (χ3v) is 5.39. The van der Waals surface area contributed by atoms with Crippen LogP contribution in [0.3, 0.4) is 0 Å². The molecular weight excluding hydrogens is 373 g/mol. The maximum atomic E-state index is 12.7. The number of likely N-dealkylation sites (tertiary alicyclic amines) is 1. The Morgan fingerprint density at radius 3 is 2.64 bits per heavy atom. The number of carbonyl (C=O) groups is 1. The van der Waals surface area contributed by atoms with E-state index >= 15 is 0 Å². The number of alkyl halides is 3. The third kappa shape index (κ3) is 4.27. The molecule has 0 aliphatic carbocycles. The van der Waals surface area contributed by atoms with E-state index in [1.807, 2.05) is 27.8 Å². The second-order valence-corrected chi connectivity index (χ2v) is 7.40. The van der Waals surface area contributed by atoms with Gasteiger partial charge in [-0.25, -0.2) is 9.97 Å². The van der Waals surface area contributed by atoms with Gasteiger partial charge in [-0.05, 0) is 18.9 Å². The topological polar surface area (TPSA) is 57.0 Å². The summed E-state index contributed by atoms with van der Waals surface area (Å²) in [6.07, 6.45) is 2.45. The number of aromatic nitrogens is 3. The van der Waals surface area contributed by atoms with E-state index in [1.54, 1.807) is 6.20 Å². The van der Waals surface area contributed by atoms with Crippen molar-refractivity contribution in [1.29, 1.82) is 0 Å². The standard InChI is InChI=1S/C18H23F3N6O/c19-18(20,21)13-27-5-1-3-15(16(27)28)25-9-7-24(8-10-25)11-14-12-26-6-2-4-22-17(26)23-14/h2,4,6,12,15H,1,3,5,7-11,13H2/t15-/m1/s1. The number of nitrogens with zero attached hydrogens (tertiary/aromatic N) is 6. The first-order valence-electron chi connectivity index (χ1n) is 9.49. The SMILES string of the molecule is O=C1[C@H](N2CCN(Cc3cn4cccnc4n3)CC2)CCCN1CC(F)(F)F. The van der Waals surface area contributed by atoms with Gasteiger partial charge in [0.2, 0.25) is 11.7 Å². The van der Waals surface area contributed by atoms with E-state index in [0.29, 0.717) is 38.3 Å². The molecule has 0 saturated carbocycles. The number of rotatable bonds is 4. The molecule has 2 saturated heterocycles. The van der Waals surface area contributed by atoms with Gasteiger partial charge in [0.15, 0.2) is 0 Å². The summed E-state index contributed by atoms with van der Waals surface area (Å²) in [6, 6.07) is 1.41. The zero-order valence-corrected chi connectivity index (χ0v) is 15.5. The summed E-state index contributed by atoms with van der Waals surface area (Å²) in [5.41, 5.74) is 0.928. The summed E-state index contributed by atoms with van der Waals surface area (Å²) in [5, 5.41) is 0. The Morgan fingerprint density at radius 1 is 1.14 bits per heavy atom. The van der Waals surface area contributed by atoms with Gasteiger partial charge in [-0.2, -0.15) is 13.2 Å². The lowest BCUT2D eigenvalue weighted by molar-refractivity contribution is -0.168. The minimum absolute atomic E-state index is 0.191. The molecule has 4 heterocycles. The van der Waals surface area contributed by atoms with Crippen LogP contribution in [0.1, 0.15) is 18.5 Å². The molecule has 10 heteroatoms. The molecule has 7 nitrogen and oxygen atoms in total. The van der Waals surface area contributed by atoms with Crippen LogP contribution in [-0.4, -0.2) is 86.5 Å². The maximum Gasteiger partial charge on any atom is 0.406 e. The van der Waals surface area contributed by atoms with Gasteiger partial charge in [0.05, 0.1) is 11.7 Å². The minimum Gasteiger partial charge on any atom is -0.332 e. The predicted octanol–water partition coefficient (Wildman–Crippen LogP) is 1.40. The molecule has 0 N–H and O–H groups in total. The average molecular weight is 396 g/mol. The van der Waals surface area contributed by atoms with Crippen molar-refractivity contribution in [3.63, 3.8) is 0 Å². The van der Waals surface area contributed by atoms with Crippen LogP contribution >= 0.6 is 0 Å². The Morgan fingerprint density at radius 2 is 1.93 bits per heavy atom. The van der Waals surface area contributed by atoms with Gasteiger partial charge in [0, 0.05) is 57.9 Å². The average Bonchev–Trinajstić information content (AvgIpc) is 3.05. The van der Waals surface area contributed by atoms with Crippen LogP contribution in [0.5, 0.6) is 0 Å². The number of amides is 1. The molecular formula is C18H23F3N6O. The smallest absolute Gasteiger partial charge is 0.332 e. The van der Waals surface area contributed by atoms with E-state index in [2.05, 4.69) is 14.9 Å². The predicted molar refractivity (Wildman–Crippen MR) is 95.5 cm³/mol. The van der Waals surface area contributed by atoms with Crippen molar-refractivity contribution in [3.8, 4) is 0 Å². The molecule has 0 spiro atoms. The summed E-state index contributed by atoms with van der Waals surface area (Å²) < 4.78 is 40.0. The van der Waals surface area contributed by atoms with Crippen LogP contribution in [0.25, 0.3) is 5.78 Å². The largest absolute Gasteiger partial charge is 0.406 e. The van der Waals surface area contributed by atoms with Crippen molar-refractivity contribution < 1.29 is 18.0 Å². The fourth-order valence-corrected chi connectivity index (χ4v) is 4.05. The van der Waals surface area contributed by atoms with Crippen LogP contribution in [0.15, 0.2) is 24.7 Å². The lowest BCUT2D eigenvalue weighted by Crippen LogP contribution is -2.58. The molecule has 2 aromatic rings. The van der Waals surface area contributed by atoms with Gasteiger partial charge in [0.25, 0.3) is 0 Å². The second kappa shape index (κ2) is 7.67. The minimum atomic E-state index is -4.35. The fraction of sp³-hybridized carbons (Fsp3) is 0.611. The Labute approximate surface area is 160 Å². The number of hydrogen-bond donors (Lipinski definition) is 0. The van der Waals surface area contributed by atoms with Crippen LogP contribution in [0, 0.1) is 0 Å². The zero-order valence-electron chi connectivity index (χ0n) is 15.5. The van der Waals surface area contributed by atoms with Crippen molar-refractivity contribution in [1.82, 2.24) is 29.1 Å². The fourth-order valence-electron chi connectivity index (χ4n) is 4.05. The van der Waals surface area contributed by atoms with Gasteiger partial charge < -0.3 is 4.90 Å².